The third-order valence-corrected chi connectivity index (χ3v) is 5.29. The molecule has 1 heterocycles. The third-order valence-electron chi connectivity index (χ3n) is 5.29. The van der Waals surface area contributed by atoms with E-state index in [0.29, 0.717) is 23.4 Å². The number of fused-ring (bicyclic) bond motifs is 1. The Morgan fingerprint density at radius 1 is 1.00 bits per heavy atom. The summed E-state index contributed by atoms with van der Waals surface area (Å²) < 4.78 is 5.79. The average molecular weight is 426 g/mol. The highest BCUT2D eigenvalue weighted by molar-refractivity contribution is 6.39. The number of para-hydroxylation sites is 1. The summed E-state index contributed by atoms with van der Waals surface area (Å²) in [5, 5.41) is 4.04. The molecule has 4 amide bonds. The van der Waals surface area contributed by atoms with Crippen LogP contribution in [0.15, 0.2) is 78.9 Å². The minimum atomic E-state index is -0.765. The number of rotatable bonds is 6. The van der Waals surface area contributed by atoms with Gasteiger partial charge in [0.2, 0.25) is 0 Å². The fourth-order valence-corrected chi connectivity index (χ4v) is 3.75. The van der Waals surface area contributed by atoms with Crippen molar-refractivity contribution in [3.8, 4) is 5.75 Å². The Labute approximate surface area is 185 Å². The van der Waals surface area contributed by atoms with Gasteiger partial charge in [-0.05, 0) is 41.0 Å². The number of urea groups is 1. The maximum absolute atomic E-state index is 13.4. The van der Waals surface area contributed by atoms with Gasteiger partial charge in [-0.25, -0.2) is 9.69 Å². The van der Waals surface area contributed by atoms with Crippen LogP contribution in [0.1, 0.15) is 18.1 Å². The van der Waals surface area contributed by atoms with Gasteiger partial charge in [0, 0.05) is 5.56 Å². The molecular weight excluding hydrogens is 404 g/mol. The number of aryl methyl sites for hydroxylation is 1. The molecule has 1 saturated heterocycles. The summed E-state index contributed by atoms with van der Waals surface area (Å²) in [6, 6.07) is 17.7. The van der Waals surface area contributed by atoms with E-state index in [1.165, 1.54) is 6.08 Å². The van der Waals surface area contributed by atoms with E-state index in [1.54, 1.807) is 24.3 Å². The van der Waals surface area contributed by atoms with Gasteiger partial charge in [0.1, 0.15) is 17.9 Å². The number of hydrogen-bond acceptors (Lipinski definition) is 4. The summed E-state index contributed by atoms with van der Waals surface area (Å²) in [6.45, 7) is 5.88. The number of anilines is 1. The molecule has 6 nitrogen and oxygen atoms in total. The van der Waals surface area contributed by atoms with Gasteiger partial charge in [-0.15, -0.1) is 0 Å². The van der Waals surface area contributed by atoms with E-state index < -0.39 is 17.8 Å². The quantitative estimate of drug-likeness (QED) is 0.354. The second-order valence-electron chi connectivity index (χ2n) is 7.24. The highest BCUT2D eigenvalue weighted by Crippen LogP contribution is 2.32. The molecule has 1 aliphatic rings. The van der Waals surface area contributed by atoms with Crippen LogP contribution in [0.5, 0.6) is 5.75 Å². The third kappa shape index (κ3) is 3.78. The molecule has 0 aromatic heterocycles. The van der Waals surface area contributed by atoms with Crippen LogP contribution < -0.4 is 15.0 Å². The summed E-state index contributed by atoms with van der Waals surface area (Å²) in [7, 11) is 0. The van der Waals surface area contributed by atoms with Crippen LogP contribution in [0, 0.1) is 0 Å². The first kappa shape index (κ1) is 21.1. The first-order valence-corrected chi connectivity index (χ1v) is 10.3. The van der Waals surface area contributed by atoms with E-state index in [-0.39, 0.29) is 12.2 Å². The lowest BCUT2D eigenvalue weighted by Gasteiger charge is -2.28. The molecule has 0 atom stereocenters. The minimum absolute atomic E-state index is 0.143. The van der Waals surface area contributed by atoms with Crippen LogP contribution in [0.2, 0.25) is 0 Å². The molecule has 4 rings (SSSR count). The van der Waals surface area contributed by atoms with Gasteiger partial charge >= 0.3 is 6.03 Å². The number of nitrogens with one attached hydrogen (secondary N) is 1. The Morgan fingerprint density at radius 3 is 2.53 bits per heavy atom. The number of ether oxygens (including phenoxy) is 1. The molecule has 1 aliphatic heterocycles. The van der Waals surface area contributed by atoms with Crippen molar-refractivity contribution < 1.29 is 19.1 Å². The summed E-state index contributed by atoms with van der Waals surface area (Å²) in [4.78, 5) is 39.7. The number of carbonyl (C=O) groups is 3. The van der Waals surface area contributed by atoms with Crippen LogP contribution in [0.3, 0.4) is 0 Å². The number of amides is 4. The molecule has 0 saturated carbocycles. The predicted octanol–water partition coefficient (Wildman–Crippen LogP) is 4.63. The van der Waals surface area contributed by atoms with Gasteiger partial charge in [-0.2, -0.15) is 0 Å². The standard InChI is InChI=1S/C26H22N2O4/c1-3-15-32-23-14-13-18-10-5-7-11-19(18)20(23)16-21-24(29)27-26(31)28(25(21)30)22-12-8-6-9-17(22)4-2/h3,5-14,16H,1,4,15H2,2H3,(H,27,29,31)/b21-16-. The van der Waals surface area contributed by atoms with Crippen molar-refractivity contribution in [2.75, 3.05) is 11.5 Å². The number of benzene rings is 3. The smallest absolute Gasteiger partial charge is 0.335 e. The lowest BCUT2D eigenvalue weighted by atomic mass is 9.99. The molecule has 32 heavy (non-hydrogen) atoms. The molecule has 3 aromatic carbocycles. The molecule has 0 spiro atoms. The second-order valence-corrected chi connectivity index (χ2v) is 7.24. The first-order chi connectivity index (χ1) is 15.5. The van der Waals surface area contributed by atoms with Crippen LogP contribution >= 0.6 is 0 Å². The number of hydrogen-bond donors (Lipinski definition) is 1. The topological polar surface area (TPSA) is 75.7 Å². The average Bonchev–Trinajstić information content (AvgIpc) is 2.81. The number of carbonyl (C=O) groups excluding carboxylic acids is 3. The predicted molar refractivity (Wildman–Crippen MR) is 124 cm³/mol. The Morgan fingerprint density at radius 2 is 1.75 bits per heavy atom. The molecule has 3 aromatic rings. The van der Waals surface area contributed by atoms with Crippen molar-refractivity contribution in [2.45, 2.75) is 13.3 Å². The zero-order chi connectivity index (χ0) is 22.7. The summed E-state index contributed by atoms with van der Waals surface area (Å²) in [5.74, 6) is -0.913. The van der Waals surface area contributed by atoms with E-state index in [9.17, 15) is 14.4 Å². The zero-order valence-electron chi connectivity index (χ0n) is 17.6. The van der Waals surface area contributed by atoms with Gasteiger partial charge in [0.25, 0.3) is 11.8 Å². The van der Waals surface area contributed by atoms with Gasteiger partial charge in [-0.3, -0.25) is 14.9 Å². The van der Waals surface area contributed by atoms with Gasteiger partial charge in [0.15, 0.2) is 0 Å². The summed E-state index contributed by atoms with van der Waals surface area (Å²) in [6.07, 6.45) is 3.74. The van der Waals surface area contributed by atoms with Crippen LogP contribution in [-0.2, 0) is 16.0 Å². The molecule has 1 fully saturated rings. The highest BCUT2D eigenvalue weighted by Gasteiger charge is 2.37. The molecule has 0 radical (unpaired) electrons. The van der Waals surface area contributed by atoms with E-state index in [2.05, 4.69) is 11.9 Å². The van der Waals surface area contributed by atoms with Crippen molar-refractivity contribution in [1.29, 1.82) is 0 Å². The maximum atomic E-state index is 13.4. The van der Waals surface area contributed by atoms with Crippen molar-refractivity contribution >= 4 is 40.4 Å². The van der Waals surface area contributed by atoms with E-state index in [0.717, 1.165) is 21.2 Å². The number of barbiturate groups is 1. The molecule has 6 heteroatoms. The van der Waals surface area contributed by atoms with E-state index in [1.807, 2.05) is 49.4 Å². The van der Waals surface area contributed by atoms with Crippen molar-refractivity contribution in [1.82, 2.24) is 5.32 Å². The maximum Gasteiger partial charge on any atom is 0.335 e. The summed E-state index contributed by atoms with van der Waals surface area (Å²) in [5.41, 5.74) is 1.72. The molecular formula is C26H22N2O4. The Hall–Kier alpha value is -4.19. The van der Waals surface area contributed by atoms with Crippen molar-refractivity contribution in [3.63, 3.8) is 0 Å². The lowest BCUT2D eigenvalue weighted by Crippen LogP contribution is -2.54. The summed E-state index contributed by atoms with van der Waals surface area (Å²) >= 11 is 0. The SMILES string of the molecule is C=CCOc1ccc2ccccc2c1/C=C1/C(=O)NC(=O)N(c2ccccc2CC)C1=O. The highest BCUT2D eigenvalue weighted by atomic mass is 16.5. The zero-order valence-corrected chi connectivity index (χ0v) is 17.6. The fourth-order valence-electron chi connectivity index (χ4n) is 3.75. The molecule has 0 unspecified atom stereocenters. The van der Waals surface area contributed by atoms with Crippen molar-refractivity contribution in [2.24, 2.45) is 0 Å². The van der Waals surface area contributed by atoms with E-state index in [4.69, 9.17) is 4.74 Å². The van der Waals surface area contributed by atoms with Crippen LogP contribution in [0.4, 0.5) is 10.5 Å². The monoisotopic (exact) mass is 426 g/mol. The van der Waals surface area contributed by atoms with E-state index >= 15 is 0 Å². The van der Waals surface area contributed by atoms with Gasteiger partial charge in [0.05, 0.1) is 5.69 Å². The minimum Gasteiger partial charge on any atom is -0.489 e. The normalized spacial score (nSPS) is 15.2. The van der Waals surface area contributed by atoms with Crippen LogP contribution in [-0.4, -0.2) is 24.5 Å². The molecule has 160 valence electrons. The Kier molecular flexibility index (Phi) is 5.85. The second kappa shape index (κ2) is 8.89. The first-order valence-electron chi connectivity index (χ1n) is 10.3. The molecule has 0 aliphatic carbocycles. The van der Waals surface area contributed by atoms with Gasteiger partial charge < -0.3 is 4.74 Å². The number of nitrogens with zero attached hydrogens (tertiary/aromatic N) is 1. The van der Waals surface area contributed by atoms with Crippen molar-refractivity contribution in [3.05, 3.63) is 90.0 Å². The number of imide groups is 2. The largest absolute Gasteiger partial charge is 0.489 e. The lowest BCUT2D eigenvalue weighted by molar-refractivity contribution is -0.122. The Balaban J connectivity index is 1.87. The molecule has 0 bridgehead atoms. The fraction of sp³-hybridized carbons (Fsp3) is 0.115. The van der Waals surface area contributed by atoms with Crippen LogP contribution in [0.25, 0.3) is 16.8 Å². The Bertz CT molecular complexity index is 1280. The molecule has 1 N–H and O–H groups in total. The van der Waals surface area contributed by atoms with Gasteiger partial charge in [-0.1, -0.05) is 68.1 Å².